The van der Waals surface area contributed by atoms with Crippen LogP contribution in [0.1, 0.15) is 261 Å². The number of fused-ring (bicyclic) bond motifs is 2. The van der Waals surface area contributed by atoms with Gasteiger partial charge in [0.2, 0.25) is 0 Å². The minimum absolute atomic E-state index is 0.000165. The van der Waals surface area contributed by atoms with E-state index in [9.17, 15) is 39.4 Å². The third-order valence-electron chi connectivity index (χ3n) is 15.8. The molecule has 12 nitrogen and oxygen atoms in total. The van der Waals surface area contributed by atoms with Crippen molar-refractivity contribution in [1.29, 1.82) is 0 Å². The zero-order valence-electron chi connectivity index (χ0n) is 43.6. The molecule has 5 aromatic rings. The molecule has 0 saturated carbocycles. The van der Waals surface area contributed by atoms with Gasteiger partial charge in [-0.2, -0.15) is 0 Å². The van der Waals surface area contributed by atoms with E-state index in [4.69, 9.17) is 0 Å². The van der Waals surface area contributed by atoms with Crippen molar-refractivity contribution < 1.29 is 29.0 Å². The highest BCUT2D eigenvalue weighted by atomic mass is 16.6. The van der Waals surface area contributed by atoms with Gasteiger partial charge in [0.1, 0.15) is 0 Å². The number of hydrogen-bond acceptors (Lipinski definition) is 8. The molecule has 72 heavy (non-hydrogen) atoms. The van der Waals surface area contributed by atoms with E-state index in [1.807, 2.05) is 0 Å². The number of imide groups is 2. The molecule has 2 heterocycles. The lowest BCUT2D eigenvalue weighted by Gasteiger charge is -2.30. The molecular formula is C60H80N4O8. The van der Waals surface area contributed by atoms with Gasteiger partial charge in [0.15, 0.2) is 0 Å². The van der Waals surface area contributed by atoms with Crippen LogP contribution in [-0.2, 0) is 0 Å². The molecule has 0 fully saturated rings. The number of carbonyl (C=O) groups is 4. The van der Waals surface area contributed by atoms with Crippen LogP contribution in [0.15, 0.2) is 36.4 Å². The van der Waals surface area contributed by atoms with Gasteiger partial charge in [-0.25, -0.2) is 0 Å². The Kier molecular flexibility index (Phi) is 20.3. The van der Waals surface area contributed by atoms with E-state index in [-0.39, 0.29) is 78.4 Å². The van der Waals surface area contributed by atoms with Gasteiger partial charge in [0, 0.05) is 57.9 Å². The summed E-state index contributed by atoms with van der Waals surface area (Å²) < 4.78 is 0. The van der Waals surface area contributed by atoms with Crippen molar-refractivity contribution in [2.45, 2.75) is 219 Å². The standard InChI is InChI=1S/C60H80N4O8/c1-3-5-7-9-11-13-15-17-19-21-23-25-27-29-31-33-39-61-57(65)45-37-35-43-54-50(64(71)72)42-48-52-46(38-36-44(56(52)54)53-49(63(69)70)41-47(59(61)67)51(45)55(43)53)58(66)62(60(48)68)40-34-32-30-28-26-24-22-20-18-16-14-12-10-8-6-4-2/h35-38,41-42H,3-34,39-40H2,1-2H3. The summed E-state index contributed by atoms with van der Waals surface area (Å²) in [6.07, 6.45) is 38.2. The van der Waals surface area contributed by atoms with Crippen molar-refractivity contribution in [1.82, 2.24) is 9.80 Å². The van der Waals surface area contributed by atoms with Crippen molar-refractivity contribution in [2.75, 3.05) is 13.1 Å². The molecule has 7 rings (SSSR count). The summed E-state index contributed by atoms with van der Waals surface area (Å²) in [5.41, 5.74) is -0.395. The Balaban J connectivity index is 1.00. The first-order valence-electron chi connectivity index (χ1n) is 28.4. The van der Waals surface area contributed by atoms with E-state index in [2.05, 4.69) is 13.8 Å². The summed E-state index contributed by atoms with van der Waals surface area (Å²) in [6, 6.07) is 8.67. The first kappa shape index (κ1) is 54.3. The van der Waals surface area contributed by atoms with Crippen LogP contribution in [0.25, 0.3) is 43.1 Å². The minimum atomic E-state index is -0.633. The van der Waals surface area contributed by atoms with Crippen LogP contribution in [-0.4, -0.2) is 56.4 Å². The summed E-state index contributed by atoms with van der Waals surface area (Å²) >= 11 is 0. The molecule has 5 aromatic carbocycles. The summed E-state index contributed by atoms with van der Waals surface area (Å²) in [5.74, 6) is -2.28. The van der Waals surface area contributed by atoms with Gasteiger partial charge in [-0.3, -0.25) is 49.2 Å². The van der Waals surface area contributed by atoms with Gasteiger partial charge < -0.3 is 0 Å². The second kappa shape index (κ2) is 27.0. The van der Waals surface area contributed by atoms with E-state index in [1.54, 1.807) is 24.3 Å². The topological polar surface area (TPSA) is 161 Å². The van der Waals surface area contributed by atoms with E-state index >= 15 is 0 Å². The number of nitro groups is 2. The van der Waals surface area contributed by atoms with Crippen LogP contribution in [0.4, 0.5) is 11.4 Å². The van der Waals surface area contributed by atoms with Crippen LogP contribution in [0, 0.1) is 20.2 Å². The molecule has 0 saturated heterocycles. The minimum Gasteiger partial charge on any atom is -0.274 e. The molecule has 4 amide bonds. The lowest BCUT2D eigenvalue weighted by molar-refractivity contribution is -0.383. The third-order valence-corrected chi connectivity index (χ3v) is 15.8. The number of benzene rings is 5. The number of nitrogens with zero attached hydrogens (tertiary/aromatic N) is 4. The van der Waals surface area contributed by atoms with Gasteiger partial charge >= 0.3 is 0 Å². The molecule has 2 aliphatic heterocycles. The summed E-state index contributed by atoms with van der Waals surface area (Å²) in [7, 11) is 0. The Morgan fingerprint density at radius 2 is 0.583 bits per heavy atom. The smallest absolute Gasteiger partial charge is 0.274 e. The van der Waals surface area contributed by atoms with Crippen LogP contribution >= 0.6 is 0 Å². The Morgan fingerprint density at radius 3 is 0.847 bits per heavy atom. The van der Waals surface area contributed by atoms with E-state index in [0.29, 0.717) is 12.8 Å². The van der Waals surface area contributed by atoms with E-state index in [1.165, 1.54) is 163 Å². The third kappa shape index (κ3) is 12.4. The molecule has 0 spiro atoms. The molecule has 0 aromatic heterocycles. The Hall–Kier alpha value is -5.52. The normalized spacial score (nSPS) is 13.6. The highest BCUT2D eigenvalue weighted by Crippen LogP contribution is 2.51. The maximum atomic E-state index is 14.3. The molecule has 2 aliphatic rings. The van der Waals surface area contributed by atoms with Crippen molar-refractivity contribution in [3.05, 3.63) is 78.9 Å². The quantitative estimate of drug-likeness (QED) is 0.00957. The van der Waals surface area contributed by atoms with Gasteiger partial charge in [0.05, 0.1) is 31.7 Å². The predicted molar refractivity (Wildman–Crippen MR) is 291 cm³/mol. The molecule has 0 atom stereocenters. The average molecular weight is 985 g/mol. The fraction of sp³-hybridized carbons (Fsp3) is 0.600. The van der Waals surface area contributed by atoms with Crippen LogP contribution in [0.5, 0.6) is 0 Å². The fourth-order valence-electron chi connectivity index (χ4n) is 11.9. The van der Waals surface area contributed by atoms with Gasteiger partial charge in [-0.1, -0.05) is 219 Å². The van der Waals surface area contributed by atoms with Crippen LogP contribution < -0.4 is 0 Å². The zero-order chi connectivity index (χ0) is 51.0. The largest absolute Gasteiger partial charge is 0.278 e. The number of non-ortho nitro benzene ring substituents is 2. The van der Waals surface area contributed by atoms with Gasteiger partial charge in [-0.05, 0) is 35.7 Å². The maximum Gasteiger partial charge on any atom is 0.278 e. The molecule has 12 heteroatoms. The second-order valence-electron chi connectivity index (χ2n) is 21.1. The van der Waals surface area contributed by atoms with Crippen LogP contribution in [0.3, 0.4) is 0 Å². The molecule has 0 radical (unpaired) electrons. The molecule has 0 bridgehead atoms. The van der Waals surface area contributed by atoms with Gasteiger partial charge in [-0.15, -0.1) is 0 Å². The molecular weight excluding hydrogens is 905 g/mol. The lowest BCUT2D eigenvalue weighted by Crippen LogP contribution is -2.41. The second-order valence-corrected chi connectivity index (χ2v) is 21.1. The molecule has 0 unspecified atom stereocenters. The zero-order valence-corrected chi connectivity index (χ0v) is 43.6. The number of unbranched alkanes of at least 4 members (excludes halogenated alkanes) is 30. The number of nitro benzene ring substituents is 2. The van der Waals surface area contributed by atoms with Crippen molar-refractivity contribution in [3.63, 3.8) is 0 Å². The first-order chi connectivity index (χ1) is 35.1. The number of carbonyl (C=O) groups excluding carboxylic acids is 4. The summed E-state index contributed by atoms with van der Waals surface area (Å²) in [6.45, 7) is 4.84. The molecule has 388 valence electrons. The Morgan fingerprint density at radius 1 is 0.333 bits per heavy atom. The highest BCUT2D eigenvalue weighted by molar-refractivity contribution is 6.43. The molecule has 0 aliphatic carbocycles. The predicted octanol–water partition coefficient (Wildman–Crippen LogP) is 17.3. The fourth-order valence-corrected chi connectivity index (χ4v) is 11.9. The Labute approximate surface area is 426 Å². The molecule has 0 N–H and O–H groups in total. The maximum absolute atomic E-state index is 14.3. The SMILES string of the molecule is CCCCCCCCCCCCCCCCCCN1C(=O)c2ccc3c4c([N+](=O)[O-])cc5c6c(ccc(c7c([N+](=O)[O-])cc(c2c37)C1=O)c64)C(=O)N(CCCCCCCCCCCCCCCCCC)C5=O. The number of rotatable bonds is 36. The first-order valence-corrected chi connectivity index (χ1v) is 28.4. The highest BCUT2D eigenvalue weighted by Gasteiger charge is 2.40. The van der Waals surface area contributed by atoms with Crippen molar-refractivity contribution in [2.24, 2.45) is 0 Å². The van der Waals surface area contributed by atoms with E-state index < -0.39 is 44.9 Å². The number of hydrogen-bond donors (Lipinski definition) is 0. The van der Waals surface area contributed by atoms with Crippen molar-refractivity contribution >= 4 is 78.1 Å². The Bertz CT molecular complexity index is 2530. The van der Waals surface area contributed by atoms with Crippen molar-refractivity contribution in [3.8, 4) is 0 Å². The lowest BCUT2D eigenvalue weighted by atomic mass is 9.81. The van der Waals surface area contributed by atoms with Gasteiger partial charge in [0.25, 0.3) is 35.0 Å². The summed E-state index contributed by atoms with van der Waals surface area (Å²) in [4.78, 5) is 84.3. The van der Waals surface area contributed by atoms with Crippen LogP contribution in [0.2, 0.25) is 0 Å². The summed E-state index contributed by atoms with van der Waals surface area (Å²) in [5, 5.41) is 27.6. The number of amides is 4. The van der Waals surface area contributed by atoms with E-state index in [0.717, 1.165) is 51.4 Å². The monoisotopic (exact) mass is 985 g/mol. The average Bonchev–Trinajstić information content (AvgIpc) is 3.37.